The van der Waals surface area contributed by atoms with Gasteiger partial charge in [0.1, 0.15) is 6.04 Å². The molecule has 154 valence electrons. The average Bonchev–Trinajstić information content (AvgIpc) is 3.44. The van der Waals surface area contributed by atoms with Crippen molar-refractivity contribution in [3.8, 4) is 0 Å². The zero-order valence-corrected chi connectivity index (χ0v) is 16.6. The minimum absolute atomic E-state index is 0.103. The van der Waals surface area contributed by atoms with Crippen LogP contribution in [0.15, 0.2) is 18.2 Å². The van der Waals surface area contributed by atoms with Crippen LogP contribution >= 0.6 is 0 Å². The van der Waals surface area contributed by atoms with E-state index in [0.29, 0.717) is 24.6 Å². The lowest BCUT2D eigenvalue weighted by Crippen LogP contribution is -2.52. The van der Waals surface area contributed by atoms with Gasteiger partial charge in [0.25, 0.3) is 5.91 Å². The van der Waals surface area contributed by atoms with Crippen molar-refractivity contribution in [2.75, 3.05) is 13.1 Å². The lowest BCUT2D eigenvalue weighted by Gasteiger charge is -2.29. The van der Waals surface area contributed by atoms with E-state index in [-0.39, 0.29) is 24.1 Å². The molecule has 7 heteroatoms. The van der Waals surface area contributed by atoms with Gasteiger partial charge in [0.05, 0.1) is 0 Å². The molecule has 0 bridgehead atoms. The van der Waals surface area contributed by atoms with Gasteiger partial charge in [-0.15, -0.1) is 0 Å². The molecule has 3 aliphatic heterocycles. The maximum atomic E-state index is 12.9. The average molecular weight is 396 g/mol. The van der Waals surface area contributed by atoms with E-state index in [1.54, 1.807) is 4.90 Å². The van der Waals surface area contributed by atoms with E-state index in [1.165, 1.54) is 19.3 Å². The Bertz CT molecular complexity index is 848. The first-order chi connectivity index (χ1) is 14.1. The van der Waals surface area contributed by atoms with Crippen molar-refractivity contribution in [3.63, 3.8) is 0 Å². The number of carbonyl (C=O) groups is 3. The third kappa shape index (κ3) is 3.57. The molecule has 0 aromatic heterocycles. The van der Waals surface area contributed by atoms with Gasteiger partial charge < -0.3 is 15.5 Å². The molecule has 0 spiro atoms. The summed E-state index contributed by atoms with van der Waals surface area (Å²) in [6, 6.07) is 5.86. The molecule has 4 unspecified atom stereocenters. The zero-order valence-electron chi connectivity index (χ0n) is 16.6. The minimum atomic E-state index is -0.556. The fourth-order valence-electron chi connectivity index (χ4n) is 5.27. The number of rotatable bonds is 5. The summed E-state index contributed by atoms with van der Waals surface area (Å²) in [7, 11) is 0. The fourth-order valence-corrected chi connectivity index (χ4v) is 5.27. The SMILES string of the molecule is O=C1CCC(N2Cc3c(CNC4CC4C4CCCNC4)cccc3C2=O)C(=O)N1. The van der Waals surface area contributed by atoms with Crippen LogP contribution in [0.1, 0.15) is 53.6 Å². The van der Waals surface area contributed by atoms with Gasteiger partial charge in [-0.2, -0.15) is 0 Å². The second-order valence-corrected chi connectivity index (χ2v) is 8.84. The molecule has 3 N–H and O–H groups in total. The Morgan fingerprint density at radius 2 is 2.07 bits per heavy atom. The van der Waals surface area contributed by atoms with E-state index in [2.05, 4.69) is 22.0 Å². The lowest BCUT2D eigenvalue weighted by atomic mass is 9.94. The Labute approximate surface area is 170 Å². The van der Waals surface area contributed by atoms with Crippen molar-refractivity contribution in [3.05, 3.63) is 34.9 Å². The molecule has 5 rings (SSSR count). The van der Waals surface area contributed by atoms with Crippen LogP contribution in [0.2, 0.25) is 0 Å². The highest BCUT2D eigenvalue weighted by molar-refractivity contribution is 6.05. The van der Waals surface area contributed by atoms with Crippen molar-refractivity contribution >= 4 is 17.7 Å². The predicted molar refractivity (Wildman–Crippen MR) is 107 cm³/mol. The lowest BCUT2D eigenvalue weighted by molar-refractivity contribution is -0.136. The highest BCUT2D eigenvalue weighted by atomic mass is 16.2. The van der Waals surface area contributed by atoms with Gasteiger partial charge in [-0.3, -0.25) is 19.7 Å². The molecular weight excluding hydrogens is 368 g/mol. The normalized spacial score (nSPS) is 31.6. The summed E-state index contributed by atoms with van der Waals surface area (Å²) in [5, 5.41) is 9.56. The fraction of sp³-hybridized carbons (Fsp3) is 0.591. The number of hydrogen-bond acceptors (Lipinski definition) is 5. The number of nitrogens with one attached hydrogen (secondary N) is 3. The van der Waals surface area contributed by atoms with Crippen molar-refractivity contribution in [2.45, 2.75) is 57.3 Å². The van der Waals surface area contributed by atoms with Crippen LogP contribution in [0.4, 0.5) is 0 Å². The summed E-state index contributed by atoms with van der Waals surface area (Å²) in [6.45, 7) is 3.48. The Kier molecular flexibility index (Phi) is 4.87. The quantitative estimate of drug-likeness (QED) is 0.644. The van der Waals surface area contributed by atoms with Crippen molar-refractivity contribution in [1.29, 1.82) is 0 Å². The molecule has 4 aliphatic rings. The third-order valence-corrected chi connectivity index (χ3v) is 7.01. The molecule has 0 radical (unpaired) electrons. The van der Waals surface area contributed by atoms with E-state index >= 15 is 0 Å². The van der Waals surface area contributed by atoms with Crippen LogP contribution < -0.4 is 16.0 Å². The molecule has 1 aromatic carbocycles. The first kappa shape index (κ1) is 18.8. The predicted octanol–water partition coefficient (Wildman–Crippen LogP) is 0.925. The number of imide groups is 1. The second-order valence-electron chi connectivity index (χ2n) is 8.84. The molecule has 3 fully saturated rings. The van der Waals surface area contributed by atoms with Crippen LogP contribution in [-0.2, 0) is 22.7 Å². The van der Waals surface area contributed by atoms with Gasteiger partial charge in [0, 0.05) is 31.1 Å². The molecule has 3 heterocycles. The van der Waals surface area contributed by atoms with Gasteiger partial charge in [0.2, 0.25) is 11.8 Å². The monoisotopic (exact) mass is 396 g/mol. The maximum absolute atomic E-state index is 12.9. The number of carbonyl (C=O) groups excluding carboxylic acids is 3. The van der Waals surface area contributed by atoms with Gasteiger partial charge in [-0.05, 0) is 67.8 Å². The van der Waals surface area contributed by atoms with Gasteiger partial charge in [0.15, 0.2) is 0 Å². The van der Waals surface area contributed by atoms with Crippen LogP contribution in [0.3, 0.4) is 0 Å². The highest BCUT2D eigenvalue weighted by Crippen LogP contribution is 2.40. The number of fused-ring (bicyclic) bond motifs is 1. The number of hydrogen-bond donors (Lipinski definition) is 3. The molecule has 7 nitrogen and oxygen atoms in total. The molecular formula is C22H28N4O3. The minimum Gasteiger partial charge on any atom is -0.322 e. The highest BCUT2D eigenvalue weighted by Gasteiger charge is 2.43. The third-order valence-electron chi connectivity index (χ3n) is 7.01. The van der Waals surface area contributed by atoms with E-state index in [1.807, 2.05) is 12.1 Å². The van der Waals surface area contributed by atoms with Crippen molar-refractivity contribution in [2.24, 2.45) is 11.8 Å². The zero-order chi connectivity index (χ0) is 20.0. The van der Waals surface area contributed by atoms with E-state index < -0.39 is 6.04 Å². The maximum Gasteiger partial charge on any atom is 0.255 e. The Balaban J connectivity index is 1.24. The smallest absolute Gasteiger partial charge is 0.255 e. The van der Waals surface area contributed by atoms with Gasteiger partial charge >= 0.3 is 0 Å². The molecule has 1 aliphatic carbocycles. The first-order valence-electron chi connectivity index (χ1n) is 10.8. The van der Waals surface area contributed by atoms with Crippen molar-refractivity contribution < 1.29 is 14.4 Å². The largest absolute Gasteiger partial charge is 0.322 e. The van der Waals surface area contributed by atoms with Gasteiger partial charge in [-0.25, -0.2) is 0 Å². The molecule has 4 atom stereocenters. The molecule has 1 saturated carbocycles. The van der Waals surface area contributed by atoms with Crippen LogP contribution in [-0.4, -0.2) is 47.8 Å². The summed E-state index contributed by atoms with van der Waals surface area (Å²) in [6.07, 6.45) is 4.52. The van der Waals surface area contributed by atoms with Crippen LogP contribution in [0.25, 0.3) is 0 Å². The second kappa shape index (κ2) is 7.54. The van der Waals surface area contributed by atoms with Crippen LogP contribution in [0, 0.1) is 11.8 Å². The van der Waals surface area contributed by atoms with Crippen molar-refractivity contribution in [1.82, 2.24) is 20.9 Å². The Morgan fingerprint density at radius 3 is 2.86 bits per heavy atom. The van der Waals surface area contributed by atoms with Gasteiger partial charge in [-0.1, -0.05) is 12.1 Å². The number of nitrogens with zero attached hydrogens (tertiary/aromatic N) is 1. The summed E-state index contributed by atoms with van der Waals surface area (Å²) in [4.78, 5) is 38.2. The number of benzene rings is 1. The summed E-state index contributed by atoms with van der Waals surface area (Å²) < 4.78 is 0. The summed E-state index contributed by atoms with van der Waals surface area (Å²) in [5.74, 6) is 0.832. The Hall–Kier alpha value is -2.25. The van der Waals surface area contributed by atoms with E-state index in [9.17, 15) is 14.4 Å². The standard InChI is InChI=1S/C22H28N4O3/c27-20-7-6-19(21(28)25-20)26-12-17-14(3-1-5-15(17)22(26)29)11-24-18-9-16(18)13-4-2-8-23-10-13/h1,3,5,13,16,18-19,23-24H,2,4,6-12H2,(H,25,27,28). The van der Waals surface area contributed by atoms with Crippen LogP contribution in [0.5, 0.6) is 0 Å². The van der Waals surface area contributed by atoms with E-state index in [4.69, 9.17) is 0 Å². The summed E-state index contributed by atoms with van der Waals surface area (Å²) in [5.41, 5.74) is 2.85. The van der Waals surface area contributed by atoms with E-state index in [0.717, 1.165) is 42.6 Å². The molecule has 29 heavy (non-hydrogen) atoms. The molecule has 1 aromatic rings. The first-order valence-corrected chi connectivity index (χ1v) is 10.8. The number of piperidine rings is 2. The molecule has 3 amide bonds. The summed E-state index contributed by atoms with van der Waals surface area (Å²) >= 11 is 0. The molecule has 2 saturated heterocycles. The Morgan fingerprint density at radius 1 is 1.17 bits per heavy atom. The topological polar surface area (TPSA) is 90.5 Å². The number of amides is 3.